The second-order valence-corrected chi connectivity index (χ2v) is 7.50. The van der Waals surface area contributed by atoms with Crippen LogP contribution < -0.4 is 5.32 Å². The number of hydrogen-bond acceptors (Lipinski definition) is 5. The Bertz CT molecular complexity index is 1000. The number of rotatable bonds is 2. The lowest BCUT2D eigenvalue weighted by Gasteiger charge is -2.47. The Balaban J connectivity index is 1.45. The van der Waals surface area contributed by atoms with Crippen molar-refractivity contribution in [1.29, 1.82) is 0 Å². The standard InChI is InChI=1S/C21H22F2N4O4/c1-14-4-5-24-11-16(14)19(28)26-6-8-30-21(12-26)13-27(7-9-31-21)20(29)25-18-3-2-15(22)10-17(18)23/h2-5,10-11H,6-9,12-13H2,1H3,(H,25,29). The quantitative estimate of drug-likeness (QED) is 0.788. The van der Waals surface area contributed by atoms with E-state index in [0.29, 0.717) is 18.2 Å². The first kappa shape index (κ1) is 21.1. The Morgan fingerprint density at radius 1 is 1.10 bits per heavy atom. The molecule has 4 rings (SSSR count). The maximum Gasteiger partial charge on any atom is 0.322 e. The van der Waals surface area contributed by atoms with Gasteiger partial charge in [0.1, 0.15) is 11.6 Å². The monoisotopic (exact) mass is 432 g/mol. The van der Waals surface area contributed by atoms with Crippen LogP contribution in [-0.4, -0.2) is 71.9 Å². The van der Waals surface area contributed by atoms with E-state index in [1.54, 1.807) is 17.2 Å². The normalized spacial score (nSPS) is 21.3. The van der Waals surface area contributed by atoms with E-state index in [0.717, 1.165) is 17.7 Å². The first-order chi connectivity index (χ1) is 14.9. The number of urea groups is 1. The number of nitrogens with one attached hydrogen (secondary N) is 1. The van der Waals surface area contributed by atoms with Crippen molar-refractivity contribution in [2.24, 2.45) is 0 Å². The number of nitrogens with zero attached hydrogens (tertiary/aromatic N) is 3. The SMILES string of the molecule is Cc1ccncc1C(=O)N1CCOC2(CN(C(=O)Nc3ccc(F)cc3F)CCO2)C1. The summed E-state index contributed by atoms with van der Waals surface area (Å²) in [7, 11) is 0. The van der Waals surface area contributed by atoms with Crippen LogP contribution >= 0.6 is 0 Å². The van der Waals surface area contributed by atoms with Crippen molar-refractivity contribution >= 4 is 17.6 Å². The van der Waals surface area contributed by atoms with Crippen molar-refractivity contribution in [2.45, 2.75) is 12.7 Å². The molecule has 0 saturated carbocycles. The molecule has 0 radical (unpaired) electrons. The van der Waals surface area contributed by atoms with E-state index < -0.39 is 23.5 Å². The zero-order valence-corrected chi connectivity index (χ0v) is 16.9. The molecule has 2 aliphatic heterocycles. The third-order valence-corrected chi connectivity index (χ3v) is 5.33. The molecule has 1 spiro atoms. The molecule has 1 unspecified atom stereocenters. The first-order valence-corrected chi connectivity index (χ1v) is 9.86. The largest absolute Gasteiger partial charge is 0.345 e. The summed E-state index contributed by atoms with van der Waals surface area (Å²) >= 11 is 0. The number of pyridine rings is 1. The van der Waals surface area contributed by atoms with Crippen molar-refractivity contribution in [1.82, 2.24) is 14.8 Å². The minimum absolute atomic E-state index is 0.0530. The average molecular weight is 432 g/mol. The number of hydrogen-bond donors (Lipinski definition) is 1. The van der Waals surface area contributed by atoms with Crippen molar-refractivity contribution in [3.05, 3.63) is 59.4 Å². The van der Waals surface area contributed by atoms with Gasteiger partial charge >= 0.3 is 6.03 Å². The number of anilines is 1. The lowest BCUT2D eigenvalue weighted by atomic mass is 10.1. The zero-order chi connectivity index (χ0) is 22.0. The number of halogens is 2. The second-order valence-electron chi connectivity index (χ2n) is 7.50. The number of carbonyl (C=O) groups excluding carboxylic acids is 2. The van der Waals surface area contributed by atoms with E-state index in [4.69, 9.17) is 9.47 Å². The molecule has 3 heterocycles. The van der Waals surface area contributed by atoms with Gasteiger partial charge in [0.15, 0.2) is 0 Å². The molecule has 1 aromatic heterocycles. The molecule has 2 aliphatic rings. The van der Waals surface area contributed by atoms with Gasteiger partial charge in [-0.25, -0.2) is 13.6 Å². The molecule has 1 N–H and O–H groups in total. The van der Waals surface area contributed by atoms with Crippen molar-refractivity contribution in [3.8, 4) is 0 Å². The number of morpholine rings is 2. The summed E-state index contributed by atoms with van der Waals surface area (Å²) in [4.78, 5) is 32.7. The number of amides is 3. The Kier molecular flexibility index (Phi) is 5.84. The molecule has 1 aromatic carbocycles. The lowest BCUT2D eigenvalue weighted by molar-refractivity contribution is -0.281. The van der Waals surface area contributed by atoms with Gasteiger partial charge in [-0.2, -0.15) is 0 Å². The Morgan fingerprint density at radius 3 is 2.52 bits per heavy atom. The minimum Gasteiger partial charge on any atom is -0.345 e. The highest BCUT2D eigenvalue weighted by molar-refractivity contribution is 5.95. The van der Waals surface area contributed by atoms with E-state index in [1.165, 1.54) is 11.1 Å². The molecule has 3 amide bonds. The van der Waals surface area contributed by atoms with E-state index in [9.17, 15) is 18.4 Å². The minimum atomic E-state index is -1.18. The summed E-state index contributed by atoms with van der Waals surface area (Å²) in [5.41, 5.74) is 1.18. The van der Waals surface area contributed by atoms with Crippen LogP contribution in [0.1, 0.15) is 15.9 Å². The first-order valence-electron chi connectivity index (χ1n) is 9.86. The Hall–Kier alpha value is -3.11. The molecular formula is C21H22F2N4O4. The van der Waals surface area contributed by atoms with Gasteiger partial charge < -0.3 is 24.6 Å². The van der Waals surface area contributed by atoms with Crippen LogP contribution in [-0.2, 0) is 9.47 Å². The number of benzene rings is 1. The summed E-state index contributed by atoms with van der Waals surface area (Å²) < 4.78 is 38.7. The topological polar surface area (TPSA) is 84.0 Å². The molecule has 8 nitrogen and oxygen atoms in total. The summed E-state index contributed by atoms with van der Waals surface area (Å²) in [6.07, 6.45) is 3.15. The van der Waals surface area contributed by atoms with E-state index >= 15 is 0 Å². The molecule has 2 fully saturated rings. The van der Waals surface area contributed by atoms with Gasteiger partial charge in [-0.1, -0.05) is 0 Å². The zero-order valence-electron chi connectivity index (χ0n) is 16.9. The summed E-state index contributed by atoms with van der Waals surface area (Å²) in [6.45, 7) is 3.09. The Labute approximate surface area is 177 Å². The smallest absolute Gasteiger partial charge is 0.322 e. The highest BCUT2D eigenvalue weighted by atomic mass is 19.1. The number of aryl methyl sites for hydroxylation is 1. The van der Waals surface area contributed by atoms with Crippen molar-refractivity contribution in [3.63, 3.8) is 0 Å². The molecule has 0 bridgehead atoms. The van der Waals surface area contributed by atoms with E-state index in [2.05, 4.69) is 10.3 Å². The van der Waals surface area contributed by atoms with Gasteiger partial charge in [0.05, 0.1) is 37.6 Å². The van der Waals surface area contributed by atoms with Crippen LogP contribution in [0.15, 0.2) is 36.7 Å². The van der Waals surface area contributed by atoms with Crippen LogP contribution in [0.3, 0.4) is 0 Å². The van der Waals surface area contributed by atoms with Gasteiger partial charge in [0.25, 0.3) is 5.91 Å². The van der Waals surface area contributed by atoms with Gasteiger partial charge in [-0.05, 0) is 30.7 Å². The Morgan fingerprint density at radius 2 is 1.81 bits per heavy atom. The fourth-order valence-corrected chi connectivity index (χ4v) is 3.69. The fourth-order valence-electron chi connectivity index (χ4n) is 3.69. The third-order valence-electron chi connectivity index (χ3n) is 5.33. The molecule has 0 aliphatic carbocycles. The summed E-state index contributed by atoms with van der Waals surface area (Å²) in [5, 5.41) is 2.44. The number of aromatic nitrogens is 1. The van der Waals surface area contributed by atoms with Crippen LogP contribution in [0.5, 0.6) is 0 Å². The van der Waals surface area contributed by atoms with Crippen LogP contribution in [0.25, 0.3) is 0 Å². The molecule has 31 heavy (non-hydrogen) atoms. The molecule has 2 aromatic rings. The van der Waals surface area contributed by atoms with Crippen LogP contribution in [0.2, 0.25) is 0 Å². The van der Waals surface area contributed by atoms with Gasteiger partial charge in [-0.15, -0.1) is 0 Å². The molecule has 2 saturated heterocycles. The van der Waals surface area contributed by atoms with Crippen LogP contribution in [0.4, 0.5) is 19.3 Å². The average Bonchev–Trinajstić information content (AvgIpc) is 2.75. The predicted molar refractivity (Wildman–Crippen MR) is 106 cm³/mol. The van der Waals surface area contributed by atoms with Gasteiger partial charge in [0, 0.05) is 31.5 Å². The maximum absolute atomic E-state index is 13.9. The van der Waals surface area contributed by atoms with E-state index in [1.807, 2.05) is 6.92 Å². The molecule has 1 atom stereocenters. The molecule has 164 valence electrons. The van der Waals surface area contributed by atoms with Gasteiger partial charge in [0.2, 0.25) is 5.79 Å². The van der Waals surface area contributed by atoms with Crippen molar-refractivity contribution < 1.29 is 27.8 Å². The molecular weight excluding hydrogens is 410 g/mol. The highest BCUT2D eigenvalue weighted by Gasteiger charge is 2.44. The molecule has 10 heteroatoms. The summed E-state index contributed by atoms with van der Waals surface area (Å²) in [6, 6.07) is 4.12. The van der Waals surface area contributed by atoms with Crippen molar-refractivity contribution in [2.75, 3.05) is 44.7 Å². The maximum atomic E-state index is 13.9. The predicted octanol–water partition coefficient (Wildman–Crippen LogP) is 2.40. The second kappa shape index (κ2) is 8.56. The number of ether oxygens (including phenoxy) is 2. The van der Waals surface area contributed by atoms with Crippen LogP contribution in [0, 0.1) is 18.6 Å². The lowest BCUT2D eigenvalue weighted by Crippen LogP contribution is -2.64. The number of carbonyl (C=O) groups is 2. The summed E-state index contributed by atoms with van der Waals surface area (Å²) in [5.74, 6) is -2.97. The van der Waals surface area contributed by atoms with Gasteiger partial charge in [-0.3, -0.25) is 9.78 Å². The highest BCUT2D eigenvalue weighted by Crippen LogP contribution is 2.27. The third kappa shape index (κ3) is 4.49. The van der Waals surface area contributed by atoms with E-state index in [-0.39, 0.29) is 44.4 Å². The fraction of sp³-hybridized carbons (Fsp3) is 0.381.